The lowest BCUT2D eigenvalue weighted by molar-refractivity contribution is 0.206. The van der Waals surface area contributed by atoms with Crippen LogP contribution in [0.4, 0.5) is 4.39 Å². The minimum absolute atomic E-state index is 0.226. The summed E-state index contributed by atoms with van der Waals surface area (Å²) >= 11 is 0. The van der Waals surface area contributed by atoms with Gasteiger partial charge in [-0.25, -0.2) is 4.39 Å². The summed E-state index contributed by atoms with van der Waals surface area (Å²) in [6, 6.07) is 6.57. The van der Waals surface area contributed by atoms with Gasteiger partial charge in [-0.2, -0.15) is 0 Å². The average molecular weight is 292 g/mol. The molecule has 0 aliphatic carbocycles. The summed E-state index contributed by atoms with van der Waals surface area (Å²) in [4.78, 5) is 2.40. The Morgan fingerprint density at radius 1 is 1.19 bits per heavy atom. The molecule has 21 heavy (non-hydrogen) atoms. The summed E-state index contributed by atoms with van der Waals surface area (Å²) in [5.41, 5.74) is 8.22. The van der Waals surface area contributed by atoms with Crippen LogP contribution in [0.15, 0.2) is 36.4 Å². The Morgan fingerprint density at radius 2 is 1.71 bits per heavy atom. The smallest absolute Gasteiger partial charge is 0.123 e. The van der Waals surface area contributed by atoms with E-state index in [1.165, 1.54) is 12.1 Å². The van der Waals surface area contributed by atoms with E-state index in [1.54, 1.807) is 12.1 Å². The number of benzene rings is 1. The molecule has 2 N–H and O–H groups in total. The SMILES string of the molecule is C=C(C)CC(N)(CN(CCC)CCC)c1ccc(F)cc1. The van der Waals surface area contributed by atoms with Crippen LogP contribution >= 0.6 is 0 Å². The van der Waals surface area contributed by atoms with Crippen molar-refractivity contribution >= 4 is 0 Å². The molecule has 0 fully saturated rings. The first kappa shape index (κ1) is 17.9. The van der Waals surface area contributed by atoms with E-state index in [4.69, 9.17) is 5.73 Å². The molecule has 118 valence electrons. The second-order valence-corrected chi connectivity index (χ2v) is 6.07. The first-order chi connectivity index (χ1) is 9.91. The van der Waals surface area contributed by atoms with Crippen LogP contribution in [0.1, 0.15) is 45.6 Å². The largest absolute Gasteiger partial charge is 0.320 e. The average Bonchev–Trinajstić information content (AvgIpc) is 2.38. The number of hydrogen-bond acceptors (Lipinski definition) is 2. The first-order valence-corrected chi connectivity index (χ1v) is 7.83. The van der Waals surface area contributed by atoms with E-state index >= 15 is 0 Å². The van der Waals surface area contributed by atoms with Crippen LogP contribution in [-0.4, -0.2) is 24.5 Å². The summed E-state index contributed by atoms with van der Waals surface area (Å²) in [6.07, 6.45) is 2.92. The highest BCUT2D eigenvalue weighted by atomic mass is 19.1. The van der Waals surface area contributed by atoms with Gasteiger partial charge in [-0.05, 0) is 57.0 Å². The molecule has 0 saturated carbocycles. The van der Waals surface area contributed by atoms with Gasteiger partial charge in [-0.15, -0.1) is 6.58 Å². The van der Waals surface area contributed by atoms with Crippen molar-refractivity contribution in [2.45, 2.75) is 45.6 Å². The first-order valence-electron chi connectivity index (χ1n) is 7.83. The fourth-order valence-electron chi connectivity index (χ4n) is 2.87. The Balaban J connectivity index is 3.01. The molecule has 1 aromatic carbocycles. The van der Waals surface area contributed by atoms with Crippen molar-refractivity contribution < 1.29 is 4.39 Å². The van der Waals surface area contributed by atoms with Crippen LogP contribution < -0.4 is 5.73 Å². The summed E-state index contributed by atoms with van der Waals surface area (Å²) in [5, 5.41) is 0. The van der Waals surface area contributed by atoms with Gasteiger partial charge in [0, 0.05) is 6.54 Å². The highest BCUT2D eigenvalue weighted by molar-refractivity contribution is 5.27. The van der Waals surface area contributed by atoms with Gasteiger partial charge in [0.15, 0.2) is 0 Å². The Kier molecular flexibility index (Phi) is 7.06. The summed E-state index contributed by atoms with van der Waals surface area (Å²) in [7, 11) is 0. The fourth-order valence-corrected chi connectivity index (χ4v) is 2.87. The van der Waals surface area contributed by atoms with Crippen molar-refractivity contribution in [3.63, 3.8) is 0 Å². The molecule has 1 unspecified atom stereocenters. The molecule has 0 saturated heterocycles. The Hall–Kier alpha value is -1.19. The van der Waals surface area contributed by atoms with E-state index in [0.29, 0.717) is 6.42 Å². The van der Waals surface area contributed by atoms with Crippen LogP contribution in [0.25, 0.3) is 0 Å². The molecule has 2 nitrogen and oxygen atoms in total. The van der Waals surface area contributed by atoms with Gasteiger partial charge in [0.25, 0.3) is 0 Å². The Morgan fingerprint density at radius 3 is 2.14 bits per heavy atom. The predicted octanol–water partition coefficient (Wildman–Crippen LogP) is 4.07. The second-order valence-electron chi connectivity index (χ2n) is 6.07. The number of nitrogens with two attached hydrogens (primary N) is 1. The minimum Gasteiger partial charge on any atom is -0.320 e. The van der Waals surface area contributed by atoms with Gasteiger partial charge in [0.2, 0.25) is 0 Å². The topological polar surface area (TPSA) is 29.3 Å². The monoisotopic (exact) mass is 292 g/mol. The molecule has 1 aromatic rings. The van der Waals surface area contributed by atoms with Crippen molar-refractivity contribution in [3.8, 4) is 0 Å². The maximum absolute atomic E-state index is 13.2. The zero-order valence-electron chi connectivity index (χ0n) is 13.7. The predicted molar refractivity (Wildman–Crippen MR) is 88.7 cm³/mol. The molecule has 3 heteroatoms. The van der Waals surface area contributed by atoms with Crippen LogP contribution in [0.5, 0.6) is 0 Å². The van der Waals surface area contributed by atoms with Gasteiger partial charge in [-0.1, -0.05) is 31.6 Å². The quantitative estimate of drug-likeness (QED) is 0.695. The lowest BCUT2D eigenvalue weighted by Gasteiger charge is -2.36. The van der Waals surface area contributed by atoms with E-state index in [9.17, 15) is 4.39 Å². The summed E-state index contributed by atoms with van der Waals surface area (Å²) in [6.45, 7) is 13.2. The number of hydrogen-bond donors (Lipinski definition) is 1. The summed E-state index contributed by atoms with van der Waals surface area (Å²) < 4.78 is 13.2. The van der Waals surface area contributed by atoms with Gasteiger partial charge in [-0.3, -0.25) is 0 Å². The Labute approximate surface area is 128 Å². The molecular weight excluding hydrogens is 263 g/mol. The van der Waals surface area contributed by atoms with E-state index in [2.05, 4.69) is 25.3 Å². The van der Waals surface area contributed by atoms with Crippen LogP contribution in [-0.2, 0) is 5.54 Å². The molecule has 0 amide bonds. The summed E-state index contributed by atoms with van der Waals surface area (Å²) in [5.74, 6) is -0.226. The number of rotatable bonds is 9. The zero-order chi connectivity index (χ0) is 15.9. The van der Waals surface area contributed by atoms with Crippen LogP contribution in [0.3, 0.4) is 0 Å². The number of nitrogens with zero attached hydrogens (tertiary/aromatic N) is 1. The molecule has 1 rings (SSSR count). The molecule has 0 heterocycles. The van der Waals surface area contributed by atoms with Crippen molar-refractivity contribution in [2.24, 2.45) is 5.73 Å². The maximum atomic E-state index is 13.2. The maximum Gasteiger partial charge on any atom is 0.123 e. The standard InChI is InChI=1S/C18H29FN2/c1-5-11-21(12-6-2)14-18(20,13-15(3)4)16-7-9-17(19)10-8-16/h7-10H,3,5-6,11-14,20H2,1-2,4H3. The molecule has 0 aliphatic rings. The van der Waals surface area contributed by atoms with Crippen LogP contribution in [0, 0.1) is 5.82 Å². The fraction of sp³-hybridized carbons (Fsp3) is 0.556. The third-order valence-electron chi connectivity index (χ3n) is 3.62. The highest BCUT2D eigenvalue weighted by Gasteiger charge is 2.29. The van der Waals surface area contributed by atoms with Gasteiger partial charge in [0.1, 0.15) is 5.82 Å². The molecule has 0 spiro atoms. The van der Waals surface area contributed by atoms with Gasteiger partial charge < -0.3 is 10.6 Å². The van der Waals surface area contributed by atoms with Gasteiger partial charge >= 0.3 is 0 Å². The second kappa shape index (κ2) is 8.30. The molecular formula is C18H29FN2. The van der Waals surface area contributed by atoms with Gasteiger partial charge in [0.05, 0.1) is 5.54 Å². The van der Waals surface area contributed by atoms with Crippen molar-refractivity contribution in [2.75, 3.05) is 19.6 Å². The molecule has 0 radical (unpaired) electrons. The minimum atomic E-state index is -0.510. The van der Waals surface area contributed by atoms with Crippen LogP contribution in [0.2, 0.25) is 0 Å². The van der Waals surface area contributed by atoms with E-state index in [1.807, 2.05) is 6.92 Å². The highest BCUT2D eigenvalue weighted by Crippen LogP contribution is 2.27. The third-order valence-corrected chi connectivity index (χ3v) is 3.62. The van der Waals surface area contributed by atoms with Crippen molar-refractivity contribution in [1.29, 1.82) is 0 Å². The van der Waals surface area contributed by atoms with Crippen molar-refractivity contribution in [1.82, 2.24) is 4.90 Å². The molecule has 1 atom stereocenters. The number of halogens is 1. The van der Waals surface area contributed by atoms with Crippen molar-refractivity contribution in [3.05, 3.63) is 47.8 Å². The zero-order valence-corrected chi connectivity index (χ0v) is 13.7. The van der Waals surface area contributed by atoms with E-state index in [-0.39, 0.29) is 5.82 Å². The molecule has 0 bridgehead atoms. The van der Waals surface area contributed by atoms with E-state index in [0.717, 1.165) is 43.6 Å². The normalized spacial score (nSPS) is 14.2. The third kappa shape index (κ3) is 5.60. The molecule has 0 aromatic heterocycles. The lowest BCUT2D eigenvalue weighted by Crippen LogP contribution is -2.48. The molecule has 0 aliphatic heterocycles. The van der Waals surface area contributed by atoms with E-state index < -0.39 is 5.54 Å². The lowest BCUT2D eigenvalue weighted by atomic mass is 9.84. The Bertz CT molecular complexity index is 435.